The van der Waals surface area contributed by atoms with Gasteiger partial charge in [-0.3, -0.25) is 9.59 Å². The molecule has 3 rings (SSSR count). The molecule has 0 saturated carbocycles. The summed E-state index contributed by atoms with van der Waals surface area (Å²) in [4.78, 5) is 28.0. The maximum absolute atomic E-state index is 12.2. The number of ether oxygens (including phenoxy) is 2. The van der Waals surface area contributed by atoms with Gasteiger partial charge in [0.2, 0.25) is 5.91 Å². The molecule has 2 aliphatic rings. The number of carbonyl (C=O) groups is 2. The molecule has 0 radical (unpaired) electrons. The zero-order valence-corrected chi connectivity index (χ0v) is 13.6. The van der Waals surface area contributed by atoms with Crippen LogP contribution < -0.4 is 0 Å². The van der Waals surface area contributed by atoms with Crippen LogP contribution in [0.4, 0.5) is 0 Å². The number of hydrogen-bond donors (Lipinski definition) is 0. The van der Waals surface area contributed by atoms with E-state index in [-0.39, 0.29) is 24.5 Å². The molecule has 0 unspecified atom stereocenters. The molecule has 6 heteroatoms. The first-order valence-corrected chi connectivity index (χ1v) is 8.55. The van der Waals surface area contributed by atoms with E-state index >= 15 is 0 Å². The molecular formula is C16H21NO4S. The van der Waals surface area contributed by atoms with Crippen molar-refractivity contribution in [2.75, 3.05) is 26.3 Å². The highest BCUT2D eigenvalue weighted by atomic mass is 32.1. The normalized spacial score (nSPS) is 20.5. The van der Waals surface area contributed by atoms with Crippen molar-refractivity contribution in [2.24, 2.45) is 0 Å². The number of carbonyl (C=O) groups excluding carboxylic acids is 2. The van der Waals surface area contributed by atoms with Crippen molar-refractivity contribution in [2.45, 2.75) is 38.4 Å². The first kappa shape index (κ1) is 15.6. The highest BCUT2D eigenvalue weighted by Gasteiger charge is 2.40. The quantitative estimate of drug-likeness (QED) is 0.798. The molecule has 22 heavy (non-hydrogen) atoms. The average molecular weight is 323 g/mol. The van der Waals surface area contributed by atoms with Crippen LogP contribution >= 0.6 is 11.3 Å². The fourth-order valence-electron chi connectivity index (χ4n) is 2.97. The number of likely N-dealkylation sites (tertiary alicyclic amines) is 1. The Balaban J connectivity index is 1.45. The highest BCUT2D eigenvalue weighted by Crippen LogP contribution is 2.31. The third-order valence-corrected chi connectivity index (χ3v) is 5.31. The molecule has 1 aromatic heterocycles. The van der Waals surface area contributed by atoms with Crippen molar-refractivity contribution in [1.82, 2.24) is 4.90 Å². The van der Waals surface area contributed by atoms with Crippen molar-refractivity contribution in [3.8, 4) is 0 Å². The van der Waals surface area contributed by atoms with E-state index < -0.39 is 5.79 Å². The second kappa shape index (κ2) is 6.48. The fraction of sp³-hybridized carbons (Fsp3) is 0.625. The van der Waals surface area contributed by atoms with Gasteiger partial charge in [-0.25, -0.2) is 0 Å². The van der Waals surface area contributed by atoms with E-state index in [1.54, 1.807) is 0 Å². The van der Waals surface area contributed by atoms with Crippen LogP contribution in [-0.2, 0) is 14.3 Å². The van der Waals surface area contributed by atoms with Crippen molar-refractivity contribution in [3.63, 3.8) is 0 Å². The van der Waals surface area contributed by atoms with Gasteiger partial charge in [-0.05, 0) is 19.1 Å². The molecule has 5 nitrogen and oxygen atoms in total. The predicted octanol–water partition coefficient (Wildman–Crippen LogP) is 2.38. The lowest BCUT2D eigenvalue weighted by molar-refractivity contribution is -0.187. The predicted molar refractivity (Wildman–Crippen MR) is 83.1 cm³/mol. The summed E-state index contributed by atoms with van der Waals surface area (Å²) in [5, 5.41) is 0. The van der Waals surface area contributed by atoms with Gasteiger partial charge in [0.25, 0.3) is 0 Å². The Hall–Kier alpha value is -1.24. The average Bonchev–Trinajstić information content (AvgIpc) is 3.15. The number of amides is 1. The number of aryl methyl sites for hydroxylation is 1. The Morgan fingerprint density at radius 1 is 1.18 bits per heavy atom. The van der Waals surface area contributed by atoms with Gasteiger partial charge < -0.3 is 14.4 Å². The van der Waals surface area contributed by atoms with Gasteiger partial charge in [0.1, 0.15) is 0 Å². The fourth-order valence-corrected chi connectivity index (χ4v) is 3.80. The van der Waals surface area contributed by atoms with E-state index in [4.69, 9.17) is 9.47 Å². The molecule has 1 spiro atoms. The lowest BCUT2D eigenvalue weighted by atomic mass is 10.0. The summed E-state index contributed by atoms with van der Waals surface area (Å²) in [6.07, 6.45) is 2.01. The lowest BCUT2D eigenvalue weighted by Gasteiger charge is -2.37. The Bertz CT molecular complexity index is 552. The van der Waals surface area contributed by atoms with Crippen LogP contribution in [0.5, 0.6) is 0 Å². The minimum absolute atomic E-state index is 0.0504. The molecule has 0 atom stereocenters. The SMILES string of the molecule is Cc1ccc(C(=O)CCC(=O)N2CCC3(CC2)OCCO3)s1. The van der Waals surface area contributed by atoms with E-state index in [1.807, 2.05) is 24.0 Å². The van der Waals surface area contributed by atoms with Crippen LogP contribution in [0.1, 0.15) is 40.2 Å². The minimum atomic E-state index is -0.457. The molecule has 1 aromatic rings. The number of hydrogen-bond acceptors (Lipinski definition) is 5. The minimum Gasteiger partial charge on any atom is -0.347 e. The maximum Gasteiger partial charge on any atom is 0.223 e. The molecule has 120 valence electrons. The van der Waals surface area contributed by atoms with E-state index in [2.05, 4.69) is 0 Å². The Morgan fingerprint density at radius 3 is 2.45 bits per heavy atom. The smallest absolute Gasteiger partial charge is 0.223 e. The molecule has 0 aliphatic carbocycles. The summed E-state index contributed by atoms with van der Waals surface area (Å²) >= 11 is 1.49. The topological polar surface area (TPSA) is 55.8 Å². The van der Waals surface area contributed by atoms with Gasteiger partial charge in [0.05, 0.1) is 18.1 Å². The third kappa shape index (κ3) is 3.39. The third-order valence-electron chi connectivity index (χ3n) is 4.27. The van der Waals surface area contributed by atoms with Crippen LogP contribution in [0.25, 0.3) is 0 Å². The number of Topliss-reactive ketones (excluding diaryl/α,β-unsaturated/α-hetero) is 1. The monoisotopic (exact) mass is 323 g/mol. The van der Waals surface area contributed by atoms with Crippen LogP contribution in [0.15, 0.2) is 12.1 Å². The number of thiophene rings is 1. The summed E-state index contributed by atoms with van der Waals surface area (Å²) in [7, 11) is 0. The molecule has 2 fully saturated rings. The summed E-state index contributed by atoms with van der Waals surface area (Å²) in [6.45, 7) is 4.55. The molecule has 0 aromatic carbocycles. The summed E-state index contributed by atoms with van der Waals surface area (Å²) in [5.41, 5.74) is 0. The first-order valence-electron chi connectivity index (χ1n) is 7.73. The van der Waals surface area contributed by atoms with Gasteiger partial charge >= 0.3 is 0 Å². The van der Waals surface area contributed by atoms with Crippen molar-refractivity contribution < 1.29 is 19.1 Å². The highest BCUT2D eigenvalue weighted by molar-refractivity contribution is 7.14. The van der Waals surface area contributed by atoms with Crippen LogP contribution in [0.2, 0.25) is 0 Å². The largest absolute Gasteiger partial charge is 0.347 e. The lowest BCUT2D eigenvalue weighted by Crippen LogP contribution is -2.47. The first-order chi connectivity index (χ1) is 10.6. The second-order valence-electron chi connectivity index (χ2n) is 5.82. The summed E-state index contributed by atoms with van der Waals surface area (Å²) < 4.78 is 11.3. The summed E-state index contributed by atoms with van der Waals surface area (Å²) in [5.74, 6) is -0.349. The zero-order chi connectivity index (χ0) is 15.6. The van der Waals surface area contributed by atoms with Crippen LogP contribution in [-0.4, -0.2) is 48.7 Å². The Kier molecular flexibility index (Phi) is 4.61. The van der Waals surface area contributed by atoms with Gasteiger partial charge in [-0.15, -0.1) is 11.3 Å². The number of ketones is 1. The standard InChI is InChI=1S/C16H21NO4S/c1-12-2-4-14(22-12)13(18)3-5-15(19)17-8-6-16(7-9-17)20-10-11-21-16/h2,4H,3,5-11H2,1H3. The van der Waals surface area contributed by atoms with Crippen molar-refractivity contribution in [1.29, 1.82) is 0 Å². The molecule has 0 bridgehead atoms. The van der Waals surface area contributed by atoms with E-state index in [0.717, 1.165) is 22.6 Å². The van der Waals surface area contributed by atoms with Crippen molar-refractivity contribution in [3.05, 3.63) is 21.9 Å². The van der Waals surface area contributed by atoms with Crippen molar-refractivity contribution >= 4 is 23.0 Å². The number of piperidine rings is 1. The Labute approximate surface area is 134 Å². The molecule has 2 aliphatic heterocycles. The zero-order valence-electron chi connectivity index (χ0n) is 12.8. The van der Waals surface area contributed by atoms with Gasteiger partial charge in [-0.1, -0.05) is 0 Å². The van der Waals surface area contributed by atoms with Gasteiger partial charge in [0.15, 0.2) is 11.6 Å². The molecule has 3 heterocycles. The molecular weight excluding hydrogens is 302 g/mol. The molecule has 1 amide bonds. The van der Waals surface area contributed by atoms with Gasteiger partial charge in [-0.2, -0.15) is 0 Å². The van der Waals surface area contributed by atoms with Crippen LogP contribution in [0.3, 0.4) is 0 Å². The number of rotatable bonds is 4. The second-order valence-corrected chi connectivity index (χ2v) is 7.11. The summed E-state index contributed by atoms with van der Waals surface area (Å²) in [6, 6.07) is 3.78. The maximum atomic E-state index is 12.2. The number of nitrogens with zero attached hydrogens (tertiary/aromatic N) is 1. The van der Waals surface area contributed by atoms with E-state index in [0.29, 0.717) is 26.3 Å². The van der Waals surface area contributed by atoms with Gasteiger partial charge in [0, 0.05) is 43.6 Å². The van der Waals surface area contributed by atoms with Crippen LogP contribution in [0, 0.1) is 6.92 Å². The molecule has 0 N–H and O–H groups in total. The Morgan fingerprint density at radius 2 is 1.86 bits per heavy atom. The van der Waals surface area contributed by atoms with E-state index in [1.165, 1.54) is 11.3 Å². The molecule has 2 saturated heterocycles. The van der Waals surface area contributed by atoms with E-state index in [9.17, 15) is 9.59 Å².